The number of halogens is 4. The third-order valence-corrected chi connectivity index (χ3v) is 3.23. The first-order valence-corrected chi connectivity index (χ1v) is 6.47. The summed E-state index contributed by atoms with van der Waals surface area (Å²) in [5.74, 6) is -3.87. The summed E-state index contributed by atoms with van der Waals surface area (Å²) in [6.45, 7) is 1.30. The minimum absolute atomic E-state index is 0.254. The lowest BCUT2D eigenvalue weighted by Crippen LogP contribution is -2.28. The van der Waals surface area contributed by atoms with Gasteiger partial charge in [-0.3, -0.25) is 0 Å². The molecule has 0 fully saturated rings. The molecule has 0 bridgehead atoms. The van der Waals surface area contributed by atoms with Crippen molar-refractivity contribution in [1.82, 2.24) is 0 Å². The van der Waals surface area contributed by atoms with Gasteiger partial charge in [0.25, 0.3) is 0 Å². The summed E-state index contributed by atoms with van der Waals surface area (Å²) in [4.78, 5) is 10.7. The second-order valence-electron chi connectivity index (χ2n) is 3.55. The summed E-state index contributed by atoms with van der Waals surface area (Å²) >= 11 is 0. The van der Waals surface area contributed by atoms with Crippen LogP contribution in [0.3, 0.4) is 0 Å². The fourth-order valence-corrected chi connectivity index (χ4v) is 1.83. The zero-order valence-electron chi connectivity index (χ0n) is 9.86. The van der Waals surface area contributed by atoms with E-state index in [0.717, 1.165) is 0 Å². The molecule has 0 atom stereocenters. The van der Waals surface area contributed by atoms with Gasteiger partial charge >= 0.3 is 21.6 Å². The Morgan fingerprint density at radius 2 is 1.90 bits per heavy atom. The number of hydrogen-bond donors (Lipinski definition) is 1. The van der Waals surface area contributed by atoms with E-state index in [9.17, 15) is 30.8 Å². The van der Waals surface area contributed by atoms with Gasteiger partial charge in [0.1, 0.15) is 11.6 Å². The second-order valence-corrected chi connectivity index (χ2v) is 5.08. The first-order valence-electron chi connectivity index (χ1n) is 5.06. The number of rotatable bonds is 4. The highest BCUT2D eigenvalue weighted by atomic mass is 32.2. The maximum absolute atomic E-state index is 13.7. The average molecular weight is 316 g/mol. The van der Waals surface area contributed by atoms with Crippen molar-refractivity contribution in [3.63, 3.8) is 0 Å². The molecule has 0 saturated heterocycles. The summed E-state index contributed by atoms with van der Waals surface area (Å²) in [7, 11) is -5.95. The molecule has 0 aliphatic rings. The van der Waals surface area contributed by atoms with Gasteiger partial charge in [-0.1, -0.05) is 6.92 Å². The van der Waals surface area contributed by atoms with Crippen LogP contribution < -0.4 is 4.18 Å². The monoisotopic (exact) mass is 316 g/mol. The van der Waals surface area contributed by atoms with Crippen LogP contribution in [-0.4, -0.2) is 25.0 Å². The Bertz CT molecular complexity index is 636. The molecule has 112 valence electrons. The summed E-state index contributed by atoms with van der Waals surface area (Å²) < 4.78 is 75.7. The number of benzene rings is 1. The largest absolute Gasteiger partial charge is 0.534 e. The van der Waals surface area contributed by atoms with E-state index in [-0.39, 0.29) is 6.42 Å². The van der Waals surface area contributed by atoms with Gasteiger partial charge in [0.05, 0.1) is 5.56 Å². The van der Waals surface area contributed by atoms with Crippen molar-refractivity contribution in [3.8, 4) is 5.75 Å². The highest BCUT2D eigenvalue weighted by molar-refractivity contribution is 7.88. The number of aromatic carboxylic acids is 1. The van der Waals surface area contributed by atoms with Crippen molar-refractivity contribution < 1.29 is 40.1 Å². The Hall–Kier alpha value is -1.84. The van der Waals surface area contributed by atoms with Crippen LogP contribution in [0.2, 0.25) is 0 Å². The van der Waals surface area contributed by atoms with Gasteiger partial charge in [0.15, 0.2) is 0 Å². The summed E-state index contributed by atoms with van der Waals surface area (Å²) in [5, 5.41) is 8.66. The maximum Gasteiger partial charge on any atom is 0.534 e. The molecule has 20 heavy (non-hydrogen) atoms. The molecule has 0 saturated carbocycles. The Balaban J connectivity index is 3.36. The fourth-order valence-electron chi connectivity index (χ4n) is 1.34. The molecule has 0 aliphatic carbocycles. The van der Waals surface area contributed by atoms with Gasteiger partial charge in [0, 0.05) is 5.56 Å². The normalized spacial score (nSPS) is 12.2. The van der Waals surface area contributed by atoms with E-state index in [1.165, 1.54) is 6.92 Å². The molecule has 0 aromatic heterocycles. The second kappa shape index (κ2) is 5.27. The van der Waals surface area contributed by atoms with Crippen LogP contribution in [0.15, 0.2) is 12.1 Å². The minimum Gasteiger partial charge on any atom is -0.478 e. The van der Waals surface area contributed by atoms with Crippen molar-refractivity contribution in [2.45, 2.75) is 18.9 Å². The molecule has 0 unspecified atom stereocenters. The van der Waals surface area contributed by atoms with Gasteiger partial charge in [-0.15, -0.1) is 0 Å². The molecule has 0 amide bonds. The molecule has 0 radical (unpaired) electrons. The molecular formula is C10H8F4O5S. The van der Waals surface area contributed by atoms with E-state index in [0.29, 0.717) is 12.1 Å². The highest BCUT2D eigenvalue weighted by Crippen LogP contribution is 2.31. The number of carboxylic acid groups (broad SMARTS) is 1. The van der Waals surface area contributed by atoms with Crippen LogP contribution >= 0.6 is 0 Å². The van der Waals surface area contributed by atoms with Crippen LogP contribution in [0.5, 0.6) is 5.75 Å². The molecule has 1 N–H and O–H groups in total. The third-order valence-electron chi connectivity index (χ3n) is 2.27. The molecule has 5 nitrogen and oxygen atoms in total. The summed E-state index contributed by atoms with van der Waals surface area (Å²) in [6.07, 6.45) is -0.254. The van der Waals surface area contributed by atoms with Crippen LogP contribution in [0.1, 0.15) is 22.8 Å². The van der Waals surface area contributed by atoms with E-state index < -0.39 is 44.3 Å². The molecule has 0 heterocycles. The van der Waals surface area contributed by atoms with Gasteiger partial charge in [-0.25, -0.2) is 9.18 Å². The minimum atomic E-state index is -5.95. The zero-order chi connectivity index (χ0) is 15.7. The smallest absolute Gasteiger partial charge is 0.478 e. The lowest BCUT2D eigenvalue weighted by atomic mass is 10.1. The third kappa shape index (κ3) is 3.00. The summed E-state index contributed by atoms with van der Waals surface area (Å²) in [5.41, 5.74) is -7.03. The molecule has 0 spiro atoms. The molecule has 1 rings (SSSR count). The Labute approximate surface area is 110 Å². The average Bonchev–Trinajstić information content (AvgIpc) is 2.26. The van der Waals surface area contributed by atoms with E-state index in [1.807, 2.05) is 0 Å². The number of carboxylic acids is 1. The van der Waals surface area contributed by atoms with Crippen molar-refractivity contribution in [2.24, 2.45) is 0 Å². The SMILES string of the molecule is CCc1c(OS(=O)(=O)C(F)(F)F)ccc(C(=O)O)c1F. The molecule has 1 aromatic rings. The molecule has 10 heteroatoms. The lowest BCUT2D eigenvalue weighted by Gasteiger charge is -2.13. The Morgan fingerprint density at radius 3 is 2.30 bits per heavy atom. The van der Waals surface area contributed by atoms with E-state index in [1.54, 1.807) is 0 Å². The standard InChI is InChI=1S/C10H8F4O5S/c1-2-5-7(19-20(17,18)10(12,13)14)4-3-6(8(5)11)9(15)16/h3-4H,2H2,1H3,(H,15,16). The topological polar surface area (TPSA) is 80.7 Å². The van der Waals surface area contributed by atoms with Crippen molar-refractivity contribution in [1.29, 1.82) is 0 Å². The van der Waals surface area contributed by atoms with Crippen LogP contribution in [0.4, 0.5) is 17.6 Å². The number of alkyl halides is 3. The maximum atomic E-state index is 13.7. The van der Waals surface area contributed by atoms with E-state index in [2.05, 4.69) is 4.18 Å². The van der Waals surface area contributed by atoms with Crippen molar-refractivity contribution >= 4 is 16.1 Å². The predicted molar refractivity (Wildman–Crippen MR) is 58.3 cm³/mol. The van der Waals surface area contributed by atoms with Crippen LogP contribution in [0, 0.1) is 5.82 Å². The van der Waals surface area contributed by atoms with Gasteiger partial charge in [-0.05, 0) is 18.6 Å². The van der Waals surface area contributed by atoms with Crippen LogP contribution in [0.25, 0.3) is 0 Å². The van der Waals surface area contributed by atoms with E-state index in [4.69, 9.17) is 5.11 Å². The Kier molecular flexibility index (Phi) is 4.27. The highest BCUT2D eigenvalue weighted by Gasteiger charge is 2.48. The number of hydrogen-bond acceptors (Lipinski definition) is 4. The van der Waals surface area contributed by atoms with Gasteiger partial charge < -0.3 is 9.29 Å². The van der Waals surface area contributed by atoms with Gasteiger partial charge in [-0.2, -0.15) is 21.6 Å². The first-order chi connectivity index (χ1) is 9.01. The molecular weight excluding hydrogens is 308 g/mol. The summed E-state index contributed by atoms with van der Waals surface area (Å²) in [6, 6.07) is 1.28. The predicted octanol–water partition coefficient (Wildman–Crippen LogP) is 2.31. The van der Waals surface area contributed by atoms with Gasteiger partial charge in [0.2, 0.25) is 0 Å². The Morgan fingerprint density at radius 1 is 1.35 bits per heavy atom. The quantitative estimate of drug-likeness (QED) is 0.524. The molecule has 1 aromatic carbocycles. The first kappa shape index (κ1) is 16.2. The zero-order valence-corrected chi connectivity index (χ0v) is 10.7. The van der Waals surface area contributed by atoms with Crippen molar-refractivity contribution in [2.75, 3.05) is 0 Å². The molecule has 0 aliphatic heterocycles. The lowest BCUT2D eigenvalue weighted by molar-refractivity contribution is -0.0500. The van der Waals surface area contributed by atoms with Crippen molar-refractivity contribution in [3.05, 3.63) is 29.1 Å². The fraction of sp³-hybridized carbons (Fsp3) is 0.300. The number of carbonyl (C=O) groups is 1. The van der Waals surface area contributed by atoms with Crippen LogP contribution in [-0.2, 0) is 16.5 Å². The van der Waals surface area contributed by atoms with E-state index >= 15 is 0 Å².